The van der Waals surface area contributed by atoms with Gasteiger partial charge in [0.15, 0.2) is 5.96 Å². The summed E-state index contributed by atoms with van der Waals surface area (Å²) < 4.78 is 5.36. The standard InChI is InChI=1S/C21H32N4OS.HI/c1-6-17(18-11-9-8-10-12-18)13-23-21(22-7-2)25(4)14-19-15-27-20(24-19)16(3)26-5;/h8-12,15-17H,6-7,13-14H2,1-5H3,(H,22,23);1H. The van der Waals surface area contributed by atoms with Crippen molar-refractivity contribution in [3.63, 3.8) is 0 Å². The van der Waals surface area contributed by atoms with Crippen molar-refractivity contribution in [1.29, 1.82) is 0 Å². The second-order valence-corrected chi connectivity index (χ2v) is 7.51. The van der Waals surface area contributed by atoms with Crippen LogP contribution < -0.4 is 5.32 Å². The topological polar surface area (TPSA) is 49.8 Å². The minimum atomic E-state index is 0. The second kappa shape index (κ2) is 13.1. The Balaban J connectivity index is 0.00000392. The Morgan fingerprint density at radius 1 is 1.29 bits per heavy atom. The van der Waals surface area contributed by atoms with Crippen molar-refractivity contribution < 1.29 is 4.74 Å². The minimum absolute atomic E-state index is 0. The van der Waals surface area contributed by atoms with Gasteiger partial charge in [0.05, 0.1) is 12.2 Å². The molecule has 0 saturated carbocycles. The molecule has 0 bridgehead atoms. The average Bonchev–Trinajstić information content (AvgIpc) is 3.16. The Bertz CT molecular complexity index is 707. The van der Waals surface area contributed by atoms with Crippen molar-refractivity contribution in [2.24, 2.45) is 4.99 Å². The van der Waals surface area contributed by atoms with Crippen molar-refractivity contribution in [2.45, 2.75) is 45.8 Å². The Hall–Kier alpha value is -1.19. The maximum Gasteiger partial charge on any atom is 0.194 e. The molecule has 2 aromatic rings. The third-order valence-corrected chi connectivity index (χ3v) is 5.65. The van der Waals surface area contributed by atoms with Crippen LogP contribution in [0.15, 0.2) is 40.7 Å². The van der Waals surface area contributed by atoms with Crippen molar-refractivity contribution in [2.75, 3.05) is 27.2 Å². The molecule has 0 aliphatic rings. The number of aliphatic imine (C=N–C) groups is 1. The van der Waals surface area contributed by atoms with Gasteiger partial charge in [-0.3, -0.25) is 4.99 Å². The molecular weight excluding hydrogens is 483 g/mol. The molecule has 0 amide bonds. The number of nitrogens with one attached hydrogen (secondary N) is 1. The van der Waals surface area contributed by atoms with Gasteiger partial charge in [-0.15, -0.1) is 35.3 Å². The number of hydrogen-bond acceptors (Lipinski definition) is 4. The van der Waals surface area contributed by atoms with Crippen molar-refractivity contribution in [1.82, 2.24) is 15.2 Å². The van der Waals surface area contributed by atoms with Crippen LogP contribution in [0.25, 0.3) is 0 Å². The highest BCUT2D eigenvalue weighted by Crippen LogP contribution is 2.21. The molecule has 0 radical (unpaired) electrons. The van der Waals surface area contributed by atoms with Gasteiger partial charge in [0.1, 0.15) is 11.1 Å². The maximum atomic E-state index is 5.36. The first kappa shape index (κ1) is 24.8. The molecular formula is C21H33IN4OS. The third-order valence-electron chi connectivity index (χ3n) is 4.59. The molecule has 2 unspecified atom stereocenters. The van der Waals surface area contributed by atoms with Gasteiger partial charge in [-0.05, 0) is 25.8 Å². The summed E-state index contributed by atoms with van der Waals surface area (Å²) in [5.41, 5.74) is 2.39. The minimum Gasteiger partial charge on any atom is -0.375 e. The van der Waals surface area contributed by atoms with E-state index < -0.39 is 0 Å². The fourth-order valence-corrected chi connectivity index (χ4v) is 3.70. The number of ether oxygens (including phenoxy) is 1. The fraction of sp³-hybridized carbons (Fsp3) is 0.524. The monoisotopic (exact) mass is 516 g/mol. The van der Waals surface area contributed by atoms with Gasteiger partial charge in [-0.1, -0.05) is 37.3 Å². The van der Waals surface area contributed by atoms with Crippen LogP contribution >= 0.6 is 35.3 Å². The Morgan fingerprint density at radius 2 is 2.00 bits per heavy atom. The summed E-state index contributed by atoms with van der Waals surface area (Å²) in [6.07, 6.45) is 1.10. The van der Waals surface area contributed by atoms with Crippen LogP contribution in [0.1, 0.15) is 55.5 Å². The van der Waals surface area contributed by atoms with E-state index in [1.807, 2.05) is 6.92 Å². The molecule has 28 heavy (non-hydrogen) atoms. The predicted octanol–water partition coefficient (Wildman–Crippen LogP) is 5.06. The van der Waals surface area contributed by atoms with Gasteiger partial charge in [0.25, 0.3) is 0 Å². The van der Waals surface area contributed by atoms with Crippen LogP contribution in [0, 0.1) is 0 Å². The summed E-state index contributed by atoms with van der Waals surface area (Å²) in [7, 11) is 3.77. The van der Waals surface area contributed by atoms with Gasteiger partial charge < -0.3 is 15.0 Å². The number of methoxy groups -OCH3 is 1. The molecule has 0 aliphatic heterocycles. The molecule has 7 heteroatoms. The fourth-order valence-electron chi connectivity index (χ4n) is 2.86. The lowest BCUT2D eigenvalue weighted by molar-refractivity contribution is 0.119. The lowest BCUT2D eigenvalue weighted by Gasteiger charge is -2.22. The number of aromatic nitrogens is 1. The van der Waals surface area contributed by atoms with Crippen molar-refractivity contribution in [3.8, 4) is 0 Å². The molecule has 1 heterocycles. The largest absolute Gasteiger partial charge is 0.375 e. The van der Waals surface area contributed by atoms with E-state index in [9.17, 15) is 0 Å². The summed E-state index contributed by atoms with van der Waals surface area (Å²) in [5.74, 6) is 1.35. The summed E-state index contributed by atoms with van der Waals surface area (Å²) in [6.45, 7) is 8.68. The number of thiazole rings is 1. The normalized spacial score (nSPS) is 13.5. The van der Waals surface area contributed by atoms with Crippen LogP contribution in [0.3, 0.4) is 0 Å². The van der Waals surface area contributed by atoms with Crippen LogP contribution in [0.2, 0.25) is 0 Å². The number of halogens is 1. The van der Waals surface area contributed by atoms with Crippen LogP contribution in [0.4, 0.5) is 0 Å². The van der Waals surface area contributed by atoms with Gasteiger partial charge in [0.2, 0.25) is 0 Å². The highest BCUT2D eigenvalue weighted by Gasteiger charge is 2.14. The maximum absolute atomic E-state index is 5.36. The summed E-state index contributed by atoms with van der Waals surface area (Å²) >= 11 is 1.65. The number of guanidine groups is 1. The SMILES string of the molecule is CCNC(=NCC(CC)c1ccccc1)N(C)Cc1csc(C(C)OC)n1.I. The molecule has 2 atom stereocenters. The third kappa shape index (κ3) is 7.33. The van der Waals surface area contributed by atoms with E-state index in [1.54, 1.807) is 18.4 Å². The van der Waals surface area contributed by atoms with E-state index >= 15 is 0 Å². The lowest BCUT2D eigenvalue weighted by atomic mass is 9.97. The van der Waals surface area contributed by atoms with E-state index in [4.69, 9.17) is 14.7 Å². The molecule has 0 aliphatic carbocycles. The molecule has 2 rings (SSSR count). The van der Waals surface area contributed by atoms with Gasteiger partial charge in [0, 0.05) is 38.5 Å². The van der Waals surface area contributed by atoms with E-state index in [1.165, 1.54) is 5.56 Å². The first-order valence-corrected chi connectivity index (χ1v) is 10.5. The van der Waals surface area contributed by atoms with Crippen LogP contribution in [0.5, 0.6) is 0 Å². The molecule has 0 spiro atoms. The van der Waals surface area contributed by atoms with E-state index in [0.29, 0.717) is 5.92 Å². The number of hydrogen-bond donors (Lipinski definition) is 1. The van der Waals surface area contributed by atoms with Gasteiger partial charge in [-0.25, -0.2) is 4.98 Å². The van der Waals surface area contributed by atoms with Crippen LogP contribution in [-0.4, -0.2) is 43.1 Å². The molecule has 0 saturated heterocycles. The van der Waals surface area contributed by atoms with Gasteiger partial charge in [-0.2, -0.15) is 0 Å². The average molecular weight is 516 g/mol. The Labute approximate surface area is 190 Å². The molecule has 0 fully saturated rings. The molecule has 1 aromatic heterocycles. The summed E-state index contributed by atoms with van der Waals surface area (Å²) in [6, 6.07) is 10.6. The zero-order chi connectivity index (χ0) is 19.6. The lowest BCUT2D eigenvalue weighted by Crippen LogP contribution is -2.38. The van der Waals surface area contributed by atoms with Crippen LogP contribution in [-0.2, 0) is 11.3 Å². The second-order valence-electron chi connectivity index (χ2n) is 6.62. The van der Waals surface area contributed by atoms with Crippen molar-refractivity contribution in [3.05, 3.63) is 52.0 Å². The highest BCUT2D eigenvalue weighted by atomic mass is 127. The highest BCUT2D eigenvalue weighted by molar-refractivity contribution is 14.0. The molecule has 156 valence electrons. The summed E-state index contributed by atoms with van der Waals surface area (Å²) in [4.78, 5) is 11.7. The zero-order valence-corrected chi connectivity index (χ0v) is 20.7. The quantitative estimate of drug-likeness (QED) is 0.288. The number of rotatable bonds is 9. The van der Waals surface area contributed by atoms with Gasteiger partial charge >= 0.3 is 0 Å². The predicted molar refractivity (Wildman–Crippen MR) is 130 cm³/mol. The van der Waals surface area contributed by atoms with Crippen molar-refractivity contribution >= 4 is 41.3 Å². The number of benzene rings is 1. The molecule has 1 N–H and O–H groups in total. The Kier molecular flexibility index (Phi) is 11.6. The molecule has 1 aromatic carbocycles. The summed E-state index contributed by atoms with van der Waals surface area (Å²) in [5, 5.41) is 6.51. The smallest absolute Gasteiger partial charge is 0.194 e. The van der Waals surface area contributed by atoms with E-state index in [0.717, 1.165) is 42.7 Å². The first-order valence-electron chi connectivity index (χ1n) is 9.60. The Morgan fingerprint density at radius 3 is 2.61 bits per heavy atom. The van der Waals surface area contributed by atoms with E-state index in [2.05, 4.69) is 66.8 Å². The zero-order valence-electron chi connectivity index (χ0n) is 17.5. The first-order chi connectivity index (χ1) is 13.1. The molecule has 5 nitrogen and oxygen atoms in total. The number of nitrogens with zero attached hydrogens (tertiary/aromatic N) is 3. The van der Waals surface area contributed by atoms with E-state index in [-0.39, 0.29) is 30.1 Å².